The van der Waals surface area contributed by atoms with E-state index in [0.717, 1.165) is 4.47 Å². The van der Waals surface area contributed by atoms with Gasteiger partial charge in [0.05, 0.1) is 22.9 Å². The number of halogens is 2. The van der Waals surface area contributed by atoms with Crippen molar-refractivity contribution in [2.75, 3.05) is 18.1 Å². The second kappa shape index (κ2) is 8.29. The molecule has 8 nitrogen and oxygen atoms in total. The number of carbonyl (C=O) groups excluding carboxylic acids is 2. The van der Waals surface area contributed by atoms with Crippen LogP contribution in [0.3, 0.4) is 0 Å². The molecule has 152 valence electrons. The minimum Gasteiger partial charge on any atom is -0.482 e. The number of benzene rings is 2. The van der Waals surface area contributed by atoms with Gasteiger partial charge >= 0.3 is 0 Å². The Morgan fingerprint density at radius 1 is 1.27 bits per heavy atom. The number of hydrogen-bond donors (Lipinski definition) is 1. The van der Waals surface area contributed by atoms with E-state index in [-0.39, 0.29) is 30.1 Å². The van der Waals surface area contributed by atoms with Gasteiger partial charge in [-0.25, -0.2) is 5.43 Å². The SMILES string of the molecule is O=C(CN1C(=O)COc2ccc(Cl)cc21)N/N=C/c1coc2ccc(Br)cc2c1=O. The average molecular weight is 491 g/mol. The molecule has 1 aliphatic rings. The van der Waals surface area contributed by atoms with Gasteiger partial charge in [-0.15, -0.1) is 0 Å². The first kappa shape index (κ1) is 20.1. The Morgan fingerprint density at radius 2 is 2.10 bits per heavy atom. The zero-order chi connectivity index (χ0) is 21.3. The Hall–Kier alpha value is -3.17. The molecule has 0 atom stereocenters. The third-order valence-corrected chi connectivity index (χ3v) is 5.05. The molecule has 4 rings (SSSR count). The van der Waals surface area contributed by atoms with Crippen LogP contribution in [0.15, 0.2) is 61.4 Å². The van der Waals surface area contributed by atoms with Crippen LogP contribution < -0.4 is 20.5 Å². The first-order valence-corrected chi connectivity index (χ1v) is 9.85. The van der Waals surface area contributed by atoms with Gasteiger partial charge in [-0.3, -0.25) is 19.3 Å². The standard InChI is InChI=1S/C20H13BrClN3O5/c21-12-1-3-16-14(5-12)20(28)11(9-29-16)7-23-24-18(26)8-25-15-6-13(22)2-4-17(15)30-10-19(25)27/h1-7,9H,8,10H2,(H,24,26)/b23-7+. The van der Waals surface area contributed by atoms with Crippen molar-refractivity contribution in [3.05, 3.63) is 67.9 Å². The maximum atomic E-state index is 12.5. The second-order valence-corrected chi connectivity index (χ2v) is 7.69. The number of rotatable bonds is 4. The lowest BCUT2D eigenvalue weighted by Crippen LogP contribution is -2.44. The highest BCUT2D eigenvalue weighted by molar-refractivity contribution is 9.10. The van der Waals surface area contributed by atoms with Gasteiger partial charge in [-0.1, -0.05) is 27.5 Å². The highest BCUT2D eigenvalue weighted by atomic mass is 79.9. The van der Waals surface area contributed by atoms with Crippen molar-refractivity contribution in [2.24, 2.45) is 5.10 Å². The quantitative estimate of drug-likeness (QED) is 0.447. The van der Waals surface area contributed by atoms with Crippen LogP contribution in [-0.2, 0) is 9.59 Å². The van der Waals surface area contributed by atoms with Gasteiger partial charge in [0, 0.05) is 9.50 Å². The largest absolute Gasteiger partial charge is 0.482 e. The van der Waals surface area contributed by atoms with Gasteiger partial charge in [0.2, 0.25) is 5.43 Å². The van der Waals surface area contributed by atoms with Crippen LogP contribution in [0.2, 0.25) is 5.02 Å². The zero-order valence-electron chi connectivity index (χ0n) is 15.2. The lowest BCUT2D eigenvalue weighted by Gasteiger charge is -2.28. The molecule has 0 radical (unpaired) electrons. The molecule has 0 unspecified atom stereocenters. The Bertz CT molecular complexity index is 1260. The topological polar surface area (TPSA) is 101 Å². The van der Waals surface area contributed by atoms with E-state index in [9.17, 15) is 14.4 Å². The first-order valence-electron chi connectivity index (χ1n) is 8.68. The van der Waals surface area contributed by atoms with Crippen LogP contribution in [0.5, 0.6) is 5.75 Å². The summed E-state index contributed by atoms with van der Waals surface area (Å²) in [6, 6.07) is 9.88. The maximum Gasteiger partial charge on any atom is 0.265 e. The van der Waals surface area contributed by atoms with Gasteiger partial charge in [-0.05, 0) is 36.4 Å². The molecule has 1 aromatic heterocycles. The Labute approximate surface area is 183 Å². The van der Waals surface area contributed by atoms with Crippen molar-refractivity contribution in [3.8, 4) is 5.75 Å². The Balaban J connectivity index is 1.48. The van der Waals surface area contributed by atoms with E-state index < -0.39 is 5.91 Å². The van der Waals surface area contributed by atoms with Crippen molar-refractivity contribution in [1.82, 2.24) is 5.43 Å². The van der Waals surface area contributed by atoms with Crippen molar-refractivity contribution < 1.29 is 18.7 Å². The van der Waals surface area contributed by atoms with E-state index >= 15 is 0 Å². The highest BCUT2D eigenvalue weighted by Crippen LogP contribution is 2.34. The molecule has 0 saturated carbocycles. The number of nitrogens with one attached hydrogen (secondary N) is 1. The fourth-order valence-electron chi connectivity index (χ4n) is 2.91. The first-order chi connectivity index (χ1) is 14.4. The summed E-state index contributed by atoms with van der Waals surface area (Å²) >= 11 is 9.29. The maximum absolute atomic E-state index is 12.5. The van der Waals surface area contributed by atoms with Crippen LogP contribution in [-0.4, -0.2) is 31.2 Å². The number of carbonyl (C=O) groups is 2. The summed E-state index contributed by atoms with van der Waals surface area (Å²) in [6.45, 7) is -0.467. The molecule has 10 heteroatoms. The summed E-state index contributed by atoms with van der Waals surface area (Å²) in [6.07, 6.45) is 2.45. The lowest BCUT2D eigenvalue weighted by atomic mass is 10.2. The summed E-state index contributed by atoms with van der Waals surface area (Å²) in [5.74, 6) is -0.486. The van der Waals surface area contributed by atoms with Crippen molar-refractivity contribution in [2.45, 2.75) is 0 Å². The van der Waals surface area contributed by atoms with Crippen LogP contribution in [0.4, 0.5) is 5.69 Å². The molecule has 30 heavy (non-hydrogen) atoms. The molecule has 0 saturated heterocycles. The lowest BCUT2D eigenvalue weighted by molar-refractivity contribution is -0.125. The monoisotopic (exact) mass is 489 g/mol. The zero-order valence-corrected chi connectivity index (χ0v) is 17.6. The minimum atomic E-state index is -0.555. The molecule has 0 bridgehead atoms. The molecule has 2 amide bonds. The summed E-state index contributed by atoms with van der Waals surface area (Å²) in [5.41, 5.74) is 3.02. The van der Waals surface area contributed by atoms with Gasteiger partial charge in [-0.2, -0.15) is 5.10 Å². The number of hydrazone groups is 1. The molecular formula is C20H13BrClN3O5. The normalized spacial score (nSPS) is 13.4. The molecule has 0 fully saturated rings. The van der Waals surface area contributed by atoms with Gasteiger partial charge in [0.25, 0.3) is 11.8 Å². The average Bonchev–Trinajstić information content (AvgIpc) is 2.72. The predicted molar refractivity (Wildman–Crippen MR) is 115 cm³/mol. The van der Waals surface area contributed by atoms with Gasteiger partial charge in [0.1, 0.15) is 24.1 Å². The molecule has 1 N–H and O–H groups in total. The van der Waals surface area contributed by atoms with E-state index in [1.54, 1.807) is 36.4 Å². The highest BCUT2D eigenvalue weighted by Gasteiger charge is 2.27. The van der Waals surface area contributed by atoms with Crippen LogP contribution in [0, 0.1) is 0 Å². The third-order valence-electron chi connectivity index (χ3n) is 4.32. The van der Waals surface area contributed by atoms with Crippen molar-refractivity contribution >= 4 is 62.2 Å². The number of amides is 2. The molecule has 0 aliphatic carbocycles. The summed E-state index contributed by atoms with van der Waals surface area (Å²) in [7, 11) is 0. The van der Waals surface area contributed by atoms with E-state index in [1.807, 2.05) is 0 Å². The summed E-state index contributed by atoms with van der Waals surface area (Å²) in [5, 5.41) is 4.59. The Kier molecular flexibility index (Phi) is 5.56. The number of ether oxygens (including phenoxy) is 1. The van der Waals surface area contributed by atoms with Crippen molar-refractivity contribution in [3.63, 3.8) is 0 Å². The number of nitrogens with zero attached hydrogens (tertiary/aromatic N) is 2. The molecule has 2 aromatic carbocycles. The van der Waals surface area contributed by atoms with Gasteiger partial charge < -0.3 is 9.15 Å². The van der Waals surface area contributed by atoms with Crippen LogP contribution >= 0.6 is 27.5 Å². The molecular weight excluding hydrogens is 478 g/mol. The van der Waals surface area contributed by atoms with E-state index in [1.165, 1.54) is 17.4 Å². The predicted octanol–water partition coefficient (Wildman–Crippen LogP) is 3.08. The van der Waals surface area contributed by atoms with E-state index in [2.05, 4.69) is 26.5 Å². The Morgan fingerprint density at radius 3 is 2.93 bits per heavy atom. The fraction of sp³-hybridized carbons (Fsp3) is 0.100. The second-order valence-electron chi connectivity index (χ2n) is 6.33. The van der Waals surface area contributed by atoms with Crippen LogP contribution in [0.25, 0.3) is 11.0 Å². The van der Waals surface area contributed by atoms with E-state index in [0.29, 0.717) is 27.4 Å². The molecule has 0 spiro atoms. The fourth-order valence-corrected chi connectivity index (χ4v) is 3.44. The number of fused-ring (bicyclic) bond motifs is 2. The molecule has 3 aromatic rings. The summed E-state index contributed by atoms with van der Waals surface area (Å²) < 4.78 is 11.5. The minimum absolute atomic E-state index is 0.167. The number of anilines is 1. The van der Waals surface area contributed by atoms with E-state index in [4.69, 9.17) is 20.8 Å². The third kappa shape index (κ3) is 4.07. The van der Waals surface area contributed by atoms with Crippen LogP contribution in [0.1, 0.15) is 5.56 Å². The molecule has 1 aliphatic heterocycles. The molecule has 2 heterocycles. The number of hydrogen-bond acceptors (Lipinski definition) is 6. The van der Waals surface area contributed by atoms with Crippen molar-refractivity contribution in [1.29, 1.82) is 0 Å². The van der Waals surface area contributed by atoms with Gasteiger partial charge in [0.15, 0.2) is 6.61 Å². The smallest absolute Gasteiger partial charge is 0.265 e. The summed E-state index contributed by atoms with van der Waals surface area (Å²) in [4.78, 5) is 38.2.